The van der Waals surface area contributed by atoms with Gasteiger partial charge in [0.1, 0.15) is 18.2 Å². The van der Waals surface area contributed by atoms with Gasteiger partial charge in [0.15, 0.2) is 11.6 Å². The first-order valence-corrected chi connectivity index (χ1v) is 9.72. The second-order valence-electron chi connectivity index (χ2n) is 6.93. The van der Waals surface area contributed by atoms with Crippen LogP contribution < -0.4 is 0 Å². The molecule has 3 aromatic carbocycles. The number of carbonyl (C=O) groups is 1. The van der Waals surface area contributed by atoms with E-state index in [1.807, 2.05) is 66.7 Å². The maximum Gasteiger partial charge on any atom is 0.338 e. The van der Waals surface area contributed by atoms with Gasteiger partial charge in [-0.3, -0.25) is 0 Å². The minimum absolute atomic E-state index is 0.0680. The van der Waals surface area contributed by atoms with Crippen molar-refractivity contribution < 1.29 is 14.6 Å². The number of hydrogen-bond acceptors (Lipinski definition) is 5. The molecule has 1 aromatic heterocycles. The van der Waals surface area contributed by atoms with Crippen LogP contribution >= 0.6 is 0 Å². The number of carbonyl (C=O) groups excluding carboxylic acids is 1. The number of nitrogens with one attached hydrogen (secondary N) is 1. The predicted octanol–water partition coefficient (Wildman–Crippen LogP) is 4.80. The van der Waals surface area contributed by atoms with Crippen LogP contribution in [0.3, 0.4) is 0 Å². The molecule has 2 N–H and O–H groups in total. The number of aliphatic hydroxyl groups excluding tert-OH is 1. The van der Waals surface area contributed by atoms with Crippen LogP contribution in [0.4, 0.5) is 0 Å². The Morgan fingerprint density at radius 2 is 1.71 bits per heavy atom. The molecule has 6 heteroatoms. The summed E-state index contributed by atoms with van der Waals surface area (Å²) in [6, 6.07) is 26.2. The quantitative estimate of drug-likeness (QED) is 0.271. The lowest BCUT2D eigenvalue weighted by Crippen LogP contribution is -2.11. The fraction of sp³-hybridized carbons (Fsp3) is 0.0800. The Morgan fingerprint density at radius 3 is 2.48 bits per heavy atom. The lowest BCUT2D eigenvalue weighted by atomic mass is 10.00. The molecular weight excluding hydrogens is 390 g/mol. The summed E-state index contributed by atoms with van der Waals surface area (Å²) in [7, 11) is 0. The first-order chi connectivity index (χ1) is 15.2. The molecule has 4 aromatic rings. The molecule has 0 saturated carbocycles. The Hall–Kier alpha value is -4.37. The van der Waals surface area contributed by atoms with Crippen molar-refractivity contribution in [2.45, 2.75) is 6.42 Å². The van der Waals surface area contributed by atoms with Crippen molar-refractivity contribution in [1.29, 1.82) is 5.26 Å². The van der Waals surface area contributed by atoms with Crippen LogP contribution in [-0.4, -0.2) is 27.7 Å². The number of ether oxygens (including phenoxy) is 1. The van der Waals surface area contributed by atoms with Gasteiger partial charge in [-0.2, -0.15) is 5.26 Å². The van der Waals surface area contributed by atoms with Gasteiger partial charge in [-0.05, 0) is 35.7 Å². The lowest BCUT2D eigenvalue weighted by molar-refractivity contribution is 0.0501. The summed E-state index contributed by atoms with van der Waals surface area (Å²) in [6.45, 7) is -0.432. The Kier molecular flexibility index (Phi) is 5.77. The minimum Gasteiger partial charge on any atom is -0.507 e. The maximum atomic E-state index is 12.7. The highest BCUT2D eigenvalue weighted by Crippen LogP contribution is 2.20. The third kappa shape index (κ3) is 4.46. The number of para-hydroxylation sites is 2. The molecule has 0 spiro atoms. The number of esters is 1. The summed E-state index contributed by atoms with van der Waals surface area (Å²) in [5.74, 6) is -0.711. The standard InChI is InChI=1S/C25H19N3O3/c26-15-20(24-27-21-12-6-7-13-22(21)28-24)23(29)16-31-25(30)19-11-5-4-10-18(19)14-17-8-2-1-3-9-17/h1-13,29H,14,16H2,(H,27,28). The Labute approximate surface area is 179 Å². The van der Waals surface area contributed by atoms with Crippen LogP contribution in [0.1, 0.15) is 27.3 Å². The number of nitriles is 1. The molecule has 0 bridgehead atoms. The van der Waals surface area contributed by atoms with E-state index in [1.165, 1.54) is 0 Å². The van der Waals surface area contributed by atoms with Crippen LogP contribution in [0, 0.1) is 11.3 Å². The van der Waals surface area contributed by atoms with E-state index in [9.17, 15) is 15.2 Å². The third-order valence-electron chi connectivity index (χ3n) is 4.84. The van der Waals surface area contributed by atoms with Gasteiger partial charge in [0.2, 0.25) is 0 Å². The zero-order valence-electron chi connectivity index (χ0n) is 16.6. The largest absolute Gasteiger partial charge is 0.507 e. The molecule has 0 fully saturated rings. The van der Waals surface area contributed by atoms with Crippen molar-refractivity contribution in [3.05, 3.63) is 107 Å². The number of nitrogens with zero attached hydrogens (tertiary/aromatic N) is 2. The Balaban J connectivity index is 1.52. The summed E-state index contributed by atoms with van der Waals surface area (Å²) in [4.78, 5) is 20.0. The van der Waals surface area contributed by atoms with E-state index >= 15 is 0 Å². The molecule has 0 aliphatic heterocycles. The van der Waals surface area contributed by atoms with E-state index in [1.54, 1.807) is 18.2 Å². The molecule has 0 aliphatic carbocycles. The van der Waals surface area contributed by atoms with Gasteiger partial charge < -0.3 is 14.8 Å². The molecule has 0 atom stereocenters. The van der Waals surface area contributed by atoms with Gasteiger partial charge in [0, 0.05) is 0 Å². The van der Waals surface area contributed by atoms with Crippen molar-refractivity contribution in [3.63, 3.8) is 0 Å². The minimum atomic E-state index is -0.569. The van der Waals surface area contributed by atoms with E-state index in [0.29, 0.717) is 17.5 Å². The van der Waals surface area contributed by atoms with Gasteiger partial charge in [0.05, 0.1) is 16.6 Å². The molecule has 0 aliphatic rings. The second kappa shape index (κ2) is 8.97. The van der Waals surface area contributed by atoms with E-state index < -0.39 is 12.6 Å². The van der Waals surface area contributed by atoms with Gasteiger partial charge >= 0.3 is 5.97 Å². The number of benzene rings is 3. The highest BCUT2D eigenvalue weighted by molar-refractivity contribution is 5.91. The summed E-state index contributed by atoms with van der Waals surface area (Å²) >= 11 is 0. The predicted molar refractivity (Wildman–Crippen MR) is 117 cm³/mol. The SMILES string of the molecule is N#CC(=C(O)COC(=O)c1ccccc1Cc1ccccc1)c1nc2ccccc2[nH]1. The highest BCUT2D eigenvalue weighted by atomic mass is 16.5. The molecular formula is C25H19N3O3. The number of allylic oxidation sites excluding steroid dienone is 1. The second-order valence-corrected chi connectivity index (χ2v) is 6.93. The summed E-state index contributed by atoms with van der Waals surface area (Å²) in [5.41, 5.74) is 3.65. The van der Waals surface area contributed by atoms with Crippen molar-refractivity contribution in [2.24, 2.45) is 0 Å². The van der Waals surface area contributed by atoms with E-state index in [0.717, 1.165) is 16.6 Å². The van der Waals surface area contributed by atoms with Crippen LogP contribution in [0.15, 0.2) is 84.6 Å². The number of aromatic amines is 1. The number of imidazole rings is 1. The third-order valence-corrected chi connectivity index (χ3v) is 4.84. The van der Waals surface area contributed by atoms with Crippen LogP contribution in [0.5, 0.6) is 0 Å². The van der Waals surface area contributed by atoms with Crippen LogP contribution in [0.25, 0.3) is 16.6 Å². The average Bonchev–Trinajstić information content (AvgIpc) is 3.23. The van der Waals surface area contributed by atoms with Crippen LogP contribution in [-0.2, 0) is 11.2 Å². The normalized spacial score (nSPS) is 11.6. The summed E-state index contributed by atoms with van der Waals surface area (Å²) in [6.07, 6.45) is 0.580. The van der Waals surface area contributed by atoms with E-state index in [4.69, 9.17) is 4.74 Å². The van der Waals surface area contributed by atoms with Crippen molar-refractivity contribution >= 4 is 22.6 Å². The maximum absolute atomic E-state index is 12.7. The molecule has 31 heavy (non-hydrogen) atoms. The molecule has 0 radical (unpaired) electrons. The molecule has 6 nitrogen and oxygen atoms in total. The lowest BCUT2D eigenvalue weighted by Gasteiger charge is -2.10. The Morgan fingerprint density at radius 1 is 1.00 bits per heavy atom. The zero-order chi connectivity index (χ0) is 21.6. The van der Waals surface area contributed by atoms with Gasteiger partial charge in [-0.15, -0.1) is 0 Å². The first kappa shape index (κ1) is 19.9. The Bertz CT molecular complexity index is 1270. The number of aromatic nitrogens is 2. The molecule has 0 amide bonds. The molecule has 0 unspecified atom stereocenters. The van der Waals surface area contributed by atoms with E-state index in [2.05, 4.69) is 9.97 Å². The monoisotopic (exact) mass is 409 g/mol. The highest BCUT2D eigenvalue weighted by Gasteiger charge is 2.17. The number of rotatable bonds is 6. The van der Waals surface area contributed by atoms with Crippen molar-refractivity contribution in [1.82, 2.24) is 9.97 Å². The number of hydrogen-bond donors (Lipinski definition) is 2. The zero-order valence-corrected chi connectivity index (χ0v) is 16.6. The first-order valence-electron chi connectivity index (χ1n) is 9.72. The summed E-state index contributed by atoms with van der Waals surface area (Å²) in [5, 5.41) is 19.9. The van der Waals surface area contributed by atoms with Gasteiger partial charge in [-0.1, -0.05) is 60.7 Å². The number of fused-ring (bicyclic) bond motifs is 1. The van der Waals surface area contributed by atoms with Gasteiger partial charge in [0.25, 0.3) is 0 Å². The average molecular weight is 409 g/mol. The van der Waals surface area contributed by atoms with Crippen molar-refractivity contribution in [2.75, 3.05) is 6.61 Å². The fourth-order valence-electron chi connectivity index (χ4n) is 3.30. The fourth-order valence-corrected chi connectivity index (χ4v) is 3.30. The van der Waals surface area contributed by atoms with E-state index in [-0.39, 0.29) is 17.2 Å². The van der Waals surface area contributed by atoms with Crippen LogP contribution in [0.2, 0.25) is 0 Å². The van der Waals surface area contributed by atoms with Crippen molar-refractivity contribution in [3.8, 4) is 6.07 Å². The smallest absolute Gasteiger partial charge is 0.338 e. The number of H-pyrrole nitrogens is 1. The molecule has 152 valence electrons. The molecule has 1 heterocycles. The molecule has 4 rings (SSSR count). The van der Waals surface area contributed by atoms with Gasteiger partial charge in [-0.25, -0.2) is 9.78 Å². The number of aliphatic hydroxyl groups is 1. The molecule has 0 saturated heterocycles. The topological polar surface area (TPSA) is 99.0 Å². The summed E-state index contributed by atoms with van der Waals surface area (Å²) < 4.78 is 5.31.